The highest BCUT2D eigenvalue weighted by atomic mass is 19.1. The van der Waals surface area contributed by atoms with E-state index in [0.29, 0.717) is 0 Å². The monoisotopic (exact) mass is 234 g/mol. The molecule has 0 aromatic heterocycles. The fourth-order valence-electron chi connectivity index (χ4n) is 2.21. The molecule has 0 saturated heterocycles. The maximum Gasteiger partial charge on any atom is 0.125 e. The fourth-order valence-corrected chi connectivity index (χ4v) is 2.21. The first-order valence-electron chi connectivity index (χ1n) is 6.11. The van der Waals surface area contributed by atoms with Gasteiger partial charge in [-0.3, -0.25) is 0 Å². The van der Waals surface area contributed by atoms with Crippen LogP contribution in [0.3, 0.4) is 0 Å². The summed E-state index contributed by atoms with van der Waals surface area (Å²) in [4.78, 5) is 2.21. The summed E-state index contributed by atoms with van der Waals surface area (Å²) in [6.07, 6.45) is 1.00. The normalized spacial score (nSPS) is 13.9. The number of hydrogen-bond acceptors (Lipinski definition) is 2. The summed E-state index contributed by atoms with van der Waals surface area (Å²) in [5.74, 6) is -0.159. The smallest absolute Gasteiger partial charge is 0.125 e. The molecule has 0 bridgehead atoms. The molecule has 1 aliphatic heterocycles. The predicted octanol–water partition coefficient (Wildman–Crippen LogP) is 2.35. The van der Waals surface area contributed by atoms with E-state index >= 15 is 0 Å². The van der Waals surface area contributed by atoms with Gasteiger partial charge in [0.2, 0.25) is 0 Å². The third kappa shape index (κ3) is 2.86. The van der Waals surface area contributed by atoms with Crippen molar-refractivity contribution >= 4 is 5.69 Å². The van der Waals surface area contributed by atoms with Crippen molar-refractivity contribution in [2.24, 2.45) is 0 Å². The Morgan fingerprint density at radius 3 is 3.12 bits per heavy atom. The van der Waals surface area contributed by atoms with Crippen LogP contribution < -0.4 is 10.2 Å². The zero-order chi connectivity index (χ0) is 12.3. The molecule has 0 unspecified atom stereocenters. The molecule has 0 atom stereocenters. The fraction of sp³-hybridized carbons (Fsp3) is 0.429. The molecule has 0 spiro atoms. The lowest BCUT2D eigenvalue weighted by Gasteiger charge is -2.21. The lowest BCUT2D eigenvalue weighted by Crippen LogP contribution is -2.27. The second-order valence-electron chi connectivity index (χ2n) is 4.47. The largest absolute Gasteiger partial charge is 0.367 e. The Morgan fingerprint density at radius 2 is 2.35 bits per heavy atom. The molecule has 1 heterocycles. The van der Waals surface area contributed by atoms with Crippen molar-refractivity contribution in [3.05, 3.63) is 41.7 Å². The van der Waals surface area contributed by atoms with Gasteiger partial charge >= 0.3 is 0 Å². The molecule has 0 amide bonds. The summed E-state index contributed by atoms with van der Waals surface area (Å²) in [5.41, 5.74) is 3.41. The molecule has 2 nitrogen and oxygen atoms in total. The van der Waals surface area contributed by atoms with E-state index in [1.54, 1.807) is 6.07 Å². The predicted molar refractivity (Wildman–Crippen MR) is 70.0 cm³/mol. The van der Waals surface area contributed by atoms with Gasteiger partial charge in [-0.25, -0.2) is 4.39 Å². The van der Waals surface area contributed by atoms with Crippen LogP contribution in [0.15, 0.2) is 30.4 Å². The van der Waals surface area contributed by atoms with E-state index in [1.807, 2.05) is 6.07 Å². The van der Waals surface area contributed by atoms with Crippen LogP contribution >= 0.6 is 0 Å². The van der Waals surface area contributed by atoms with Gasteiger partial charge in [-0.05, 0) is 36.2 Å². The molecule has 0 radical (unpaired) electrons. The molecule has 2 rings (SSSR count). The number of benzene rings is 1. The van der Waals surface area contributed by atoms with Crippen LogP contribution in [-0.4, -0.2) is 26.2 Å². The summed E-state index contributed by atoms with van der Waals surface area (Å²) >= 11 is 0. The number of hydrogen-bond donors (Lipinski definition) is 1. The first-order chi connectivity index (χ1) is 8.20. The van der Waals surface area contributed by atoms with Gasteiger partial charge in [0.25, 0.3) is 0 Å². The number of nitrogens with one attached hydrogen (secondary N) is 1. The number of rotatable bonds is 5. The van der Waals surface area contributed by atoms with Crippen LogP contribution in [0.1, 0.15) is 12.5 Å². The van der Waals surface area contributed by atoms with Gasteiger partial charge in [-0.15, -0.1) is 0 Å². The summed E-state index contributed by atoms with van der Waals surface area (Å²) in [6.45, 7) is 9.68. The summed E-state index contributed by atoms with van der Waals surface area (Å²) < 4.78 is 13.2. The van der Waals surface area contributed by atoms with Crippen LogP contribution in [0.25, 0.3) is 0 Å². The molecule has 1 aliphatic rings. The molecule has 0 aliphatic carbocycles. The van der Waals surface area contributed by atoms with Gasteiger partial charge in [0.1, 0.15) is 5.82 Å². The number of fused-ring (bicyclic) bond motifs is 1. The topological polar surface area (TPSA) is 15.3 Å². The van der Waals surface area contributed by atoms with Crippen molar-refractivity contribution in [3.63, 3.8) is 0 Å². The standard InChI is InChI=1S/C14H19FN2/c1-3-16-9-11(2)10-17-7-6-12-4-5-13(15)8-14(12)17/h4-5,8,16H,2-3,6-7,9-10H2,1H3. The summed E-state index contributed by atoms with van der Waals surface area (Å²) in [5, 5.41) is 3.26. The van der Waals surface area contributed by atoms with Crippen LogP contribution in [0.4, 0.5) is 10.1 Å². The third-order valence-electron chi connectivity index (χ3n) is 3.08. The Labute approximate surface area is 102 Å². The van der Waals surface area contributed by atoms with E-state index in [-0.39, 0.29) is 5.82 Å². The molecule has 1 aromatic rings. The Kier molecular flexibility index (Phi) is 3.79. The number of nitrogens with zero attached hydrogens (tertiary/aromatic N) is 1. The zero-order valence-electron chi connectivity index (χ0n) is 10.3. The first kappa shape index (κ1) is 12.1. The maximum absolute atomic E-state index is 13.2. The average molecular weight is 234 g/mol. The van der Waals surface area contributed by atoms with E-state index in [9.17, 15) is 4.39 Å². The van der Waals surface area contributed by atoms with Crippen molar-refractivity contribution in [2.75, 3.05) is 31.1 Å². The molecule has 1 aromatic carbocycles. The second kappa shape index (κ2) is 5.32. The van der Waals surface area contributed by atoms with Crippen LogP contribution in [0, 0.1) is 5.82 Å². The highest BCUT2D eigenvalue weighted by Crippen LogP contribution is 2.28. The van der Waals surface area contributed by atoms with Crippen molar-refractivity contribution in [2.45, 2.75) is 13.3 Å². The lowest BCUT2D eigenvalue weighted by molar-refractivity contribution is 0.627. The Morgan fingerprint density at radius 1 is 1.53 bits per heavy atom. The van der Waals surface area contributed by atoms with Gasteiger partial charge in [0, 0.05) is 25.3 Å². The van der Waals surface area contributed by atoms with Gasteiger partial charge in [-0.1, -0.05) is 19.6 Å². The molecule has 0 saturated carbocycles. The van der Waals surface area contributed by atoms with Crippen molar-refractivity contribution in [1.82, 2.24) is 5.32 Å². The lowest BCUT2D eigenvalue weighted by atomic mass is 10.1. The minimum Gasteiger partial charge on any atom is -0.367 e. The highest BCUT2D eigenvalue weighted by Gasteiger charge is 2.19. The van der Waals surface area contributed by atoms with Gasteiger partial charge in [-0.2, -0.15) is 0 Å². The van der Waals surface area contributed by atoms with Gasteiger partial charge in [0.05, 0.1) is 0 Å². The SMILES string of the molecule is C=C(CNCC)CN1CCc2ccc(F)cc21. The van der Waals surface area contributed by atoms with Gasteiger partial charge in [0.15, 0.2) is 0 Å². The molecule has 1 N–H and O–H groups in total. The van der Waals surface area contributed by atoms with E-state index in [4.69, 9.17) is 0 Å². The molecule has 3 heteroatoms. The summed E-state index contributed by atoms with van der Waals surface area (Å²) in [6, 6.07) is 5.05. The van der Waals surface area contributed by atoms with Crippen LogP contribution in [0.2, 0.25) is 0 Å². The Hall–Kier alpha value is -1.35. The molecular formula is C14H19FN2. The minimum atomic E-state index is -0.159. The summed E-state index contributed by atoms with van der Waals surface area (Å²) in [7, 11) is 0. The second-order valence-corrected chi connectivity index (χ2v) is 4.47. The Bertz CT molecular complexity index is 415. The van der Waals surface area contributed by atoms with Crippen LogP contribution in [0.5, 0.6) is 0 Å². The minimum absolute atomic E-state index is 0.159. The van der Waals surface area contributed by atoms with Crippen LogP contribution in [-0.2, 0) is 6.42 Å². The third-order valence-corrected chi connectivity index (χ3v) is 3.08. The van der Waals surface area contributed by atoms with Crippen molar-refractivity contribution in [3.8, 4) is 0 Å². The number of anilines is 1. The molecular weight excluding hydrogens is 215 g/mol. The molecule has 17 heavy (non-hydrogen) atoms. The number of likely N-dealkylation sites (N-methyl/N-ethyl adjacent to an activating group) is 1. The van der Waals surface area contributed by atoms with Crippen molar-refractivity contribution < 1.29 is 4.39 Å². The quantitative estimate of drug-likeness (QED) is 0.787. The number of halogens is 1. The molecule has 92 valence electrons. The first-order valence-corrected chi connectivity index (χ1v) is 6.11. The molecule has 0 fully saturated rings. The Balaban J connectivity index is 2.01. The van der Waals surface area contributed by atoms with Crippen molar-refractivity contribution in [1.29, 1.82) is 0 Å². The van der Waals surface area contributed by atoms with E-state index < -0.39 is 0 Å². The highest BCUT2D eigenvalue weighted by molar-refractivity contribution is 5.58. The van der Waals surface area contributed by atoms with Gasteiger partial charge < -0.3 is 10.2 Å². The van der Waals surface area contributed by atoms with E-state index in [1.165, 1.54) is 11.6 Å². The maximum atomic E-state index is 13.2. The zero-order valence-corrected chi connectivity index (χ0v) is 10.3. The van der Waals surface area contributed by atoms with E-state index in [0.717, 1.165) is 43.9 Å². The van der Waals surface area contributed by atoms with E-state index in [2.05, 4.69) is 23.7 Å². The average Bonchev–Trinajstić information content (AvgIpc) is 2.69.